The normalized spacial score (nSPS) is 10.8. The molecule has 0 bridgehead atoms. The molecule has 2 heterocycles. The average molecular weight is 306 g/mol. The summed E-state index contributed by atoms with van der Waals surface area (Å²) in [5, 5.41) is 2.00. The van der Waals surface area contributed by atoms with E-state index in [9.17, 15) is 4.79 Å². The van der Waals surface area contributed by atoms with Crippen molar-refractivity contribution in [3.05, 3.63) is 46.7 Å². The van der Waals surface area contributed by atoms with Crippen LogP contribution < -0.4 is 0 Å². The summed E-state index contributed by atoms with van der Waals surface area (Å²) in [5.41, 5.74) is 3.93. The SMILES string of the molecule is C=CCn1c(C)cc(C(=O)CSc2nc(C)cs2)c1C. The number of carbonyl (C=O) groups is 1. The van der Waals surface area contributed by atoms with E-state index in [4.69, 9.17) is 0 Å². The summed E-state index contributed by atoms with van der Waals surface area (Å²) in [7, 11) is 0. The standard InChI is InChI=1S/C15H18N2OS2/c1-5-6-17-11(3)7-13(12(17)4)14(18)9-20-15-16-10(2)8-19-15/h5,7-8H,1,6,9H2,2-4H3. The second-order valence-electron chi connectivity index (χ2n) is 4.65. The number of rotatable bonds is 6. The van der Waals surface area contributed by atoms with Crippen LogP contribution in [0.5, 0.6) is 0 Å². The number of thiazole rings is 1. The largest absolute Gasteiger partial charge is 0.345 e. The molecule has 0 aliphatic rings. The molecular formula is C15H18N2OS2. The molecule has 3 nitrogen and oxygen atoms in total. The molecule has 106 valence electrons. The third kappa shape index (κ3) is 3.22. The number of hydrogen-bond donors (Lipinski definition) is 0. The van der Waals surface area contributed by atoms with Crippen molar-refractivity contribution in [2.75, 3.05) is 5.75 Å². The van der Waals surface area contributed by atoms with Crippen LogP contribution in [0, 0.1) is 20.8 Å². The van der Waals surface area contributed by atoms with Crippen LogP contribution in [0.2, 0.25) is 0 Å². The summed E-state index contributed by atoms with van der Waals surface area (Å²) in [5.74, 6) is 0.594. The van der Waals surface area contributed by atoms with Gasteiger partial charge in [0.25, 0.3) is 0 Å². The van der Waals surface area contributed by atoms with Crippen LogP contribution >= 0.6 is 23.1 Å². The minimum Gasteiger partial charge on any atom is -0.345 e. The van der Waals surface area contributed by atoms with Crippen LogP contribution in [0.4, 0.5) is 0 Å². The molecule has 0 saturated carbocycles. The second-order valence-corrected chi connectivity index (χ2v) is 6.73. The summed E-state index contributed by atoms with van der Waals surface area (Å²) in [6.45, 7) is 10.5. The van der Waals surface area contributed by atoms with Gasteiger partial charge in [-0.1, -0.05) is 17.8 Å². The fraction of sp³-hybridized carbons (Fsp3) is 0.333. The zero-order valence-electron chi connectivity index (χ0n) is 12.0. The van der Waals surface area contributed by atoms with Gasteiger partial charge in [-0.2, -0.15) is 0 Å². The lowest BCUT2D eigenvalue weighted by atomic mass is 10.2. The molecular weight excluding hydrogens is 288 g/mol. The third-order valence-corrected chi connectivity index (χ3v) is 5.25. The van der Waals surface area contributed by atoms with E-state index in [-0.39, 0.29) is 5.78 Å². The Morgan fingerprint density at radius 3 is 2.85 bits per heavy atom. The number of carbonyl (C=O) groups excluding carboxylic acids is 1. The van der Waals surface area contributed by atoms with Gasteiger partial charge >= 0.3 is 0 Å². The van der Waals surface area contributed by atoms with Crippen LogP contribution in [0.1, 0.15) is 27.4 Å². The van der Waals surface area contributed by atoms with E-state index in [1.54, 1.807) is 11.3 Å². The number of nitrogens with zero attached hydrogens (tertiary/aromatic N) is 2. The van der Waals surface area contributed by atoms with Gasteiger partial charge < -0.3 is 4.57 Å². The molecule has 0 spiro atoms. The molecule has 5 heteroatoms. The lowest BCUT2D eigenvalue weighted by Gasteiger charge is -2.05. The van der Waals surface area contributed by atoms with Gasteiger partial charge in [-0.05, 0) is 26.8 Å². The first kappa shape index (κ1) is 15.1. The topological polar surface area (TPSA) is 34.9 Å². The molecule has 0 aliphatic heterocycles. The van der Waals surface area contributed by atoms with Gasteiger partial charge in [0.05, 0.1) is 5.75 Å². The fourth-order valence-electron chi connectivity index (χ4n) is 2.10. The van der Waals surface area contributed by atoms with E-state index in [0.29, 0.717) is 5.75 Å². The van der Waals surface area contributed by atoms with Gasteiger partial charge in [0, 0.05) is 34.6 Å². The van der Waals surface area contributed by atoms with E-state index >= 15 is 0 Å². The minimum absolute atomic E-state index is 0.159. The summed E-state index contributed by atoms with van der Waals surface area (Å²) in [6, 6.07) is 1.97. The van der Waals surface area contributed by atoms with Crippen LogP contribution in [0.3, 0.4) is 0 Å². The van der Waals surface area contributed by atoms with E-state index in [1.165, 1.54) is 11.8 Å². The van der Waals surface area contributed by atoms with E-state index in [2.05, 4.69) is 16.1 Å². The number of Topliss-reactive ketones (excluding diaryl/α,β-unsaturated/α-hetero) is 1. The summed E-state index contributed by atoms with van der Waals surface area (Å²) >= 11 is 3.10. The highest BCUT2D eigenvalue weighted by molar-refractivity contribution is 8.01. The lowest BCUT2D eigenvalue weighted by Crippen LogP contribution is -2.06. The number of aromatic nitrogens is 2. The highest BCUT2D eigenvalue weighted by Crippen LogP contribution is 2.24. The molecule has 0 saturated heterocycles. The molecule has 0 radical (unpaired) electrons. The Hall–Kier alpha value is -1.33. The first-order valence-corrected chi connectivity index (χ1v) is 8.25. The number of ketones is 1. The third-order valence-electron chi connectivity index (χ3n) is 3.11. The van der Waals surface area contributed by atoms with Crippen molar-refractivity contribution in [2.45, 2.75) is 31.7 Å². The molecule has 0 unspecified atom stereocenters. The zero-order valence-corrected chi connectivity index (χ0v) is 13.6. The van der Waals surface area contributed by atoms with Gasteiger partial charge in [-0.25, -0.2) is 4.98 Å². The Labute approximate surface area is 127 Å². The van der Waals surface area contributed by atoms with Crippen molar-refractivity contribution in [3.8, 4) is 0 Å². The predicted molar refractivity (Wildman–Crippen MR) is 86.0 cm³/mol. The average Bonchev–Trinajstić information content (AvgIpc) is 2.94. The molecule has 0 atom stereocenters. The maximum Gasteiger partial charge on any atom is 0.174 e. The van der Waals surface area contributed by atoms with Crippen molar-refractivity contribution in [1.82, 2.24) is 9.55 Å². The van der Waals surface area contributed by atoms with Crippen molar-refractivity contribution in [3.63, 3.8) is 0 Å². The van der Waals surface area contributed by atoms with Crippen LogP contribution in [-0.2, 0) is 6.54 Å². The maximum atomic E-state index is 12.3. The molecule has 0 aliphatic carbocycles. The van der Waals surface area contributed by atoms with E-state index in [1.807, 2.05) is 38.3 Å². The van der Waals surface area contributed by atoms with E-state index < -0.39 is 0 Å². The maximum absolute atomic E-state index is 12.3. The highest BCUT2D eigenvalue weighted by Gasteiger charge is 2.15. The van der Waals surface area contributed by atoms with Crippen LogP contribution in [0.25, 0.3) is 0 Å². The van der Waals surface area contributed by atoms with Crippen LogP contribution in [-0.4, -0.2) is 21.1 Å². The first-order chi connectivity index (χ1) is 9.52. The van der Waals surface area contributed by atoms with Crippen molar-refractivity contribution >= 4 is 28.9 Å². The second kappa shape index (κ2) is 6.41. The Kier molecular flexibility index (Phi) is 4.83. The molecule has 2 aromatic rings. The molecule has 2 rings (SSSR count). The van der Waals surface area contributed by atoms with Crippen molar-refractivity contribution in [2.24, 2.45) is 0 Å². The molecule has 0 amide bonds. The zero-order chi connectivity index (χ0) is 14.7. The van der Waals surface area contributed by atoms with Gasteiger partial charge in [-0.15, -0.1) is 17.9 Å². The van der Waals surface area contributed by atoms with Gasteiger partial charge in [-0.3, -0.25) is 4.79 Å². The fourth-order valence-corrected chi connectivity index (χ4v) is 3.83. The number of aryl methyl sites for hydroxylation is 2. The molecule has 0 fully saturated rings. The molecule has 0 aromatic carbocycles. The summed E-state index contributed by atoms with van der Waals surface area (Å²) in [6.07, 6.45) is 1.85. The van der Waals surface area contributed by atoms with Crippen molar-refractivity contribution < 1.29 is 4.79 Å². The smallest absolute Gasteiger partial charge is 0.174 e. The number of allylic oxidation sites excluding steroid dienone is 1. The first-order valence-electron chi connectivity index (χ1n) is 6.38. The van der Waals surface area contributed by atoms with Gasteiger partial charge in [0.15, 0.2) is 10.1 Å². The van der Waals surface area contributed by atoms with Gasteiger partial charge in [0.2, 0.25) is 0 Å². The minimum atomic E-state index is 0.159. The lowest BCUT2D eigenvalue weighted by molar-refractivity contribution is 0.102. The Morgan fingerprint density at radius 2 is 2.25 bits per heavy atom. The Morgan fingerprint density at radius 1 is 1.50 bits per heavy atom. The quantitative estimate of drug-likeness (QED) is 0.459. The predicted octanol–water partition coefficient (Wildman–Crippen LogP) is 4.03. The number of hydrogen-bond acceptors (Lipinski definition) is 4. The molecule has 20 heavy (non-hydrogen) atoms. The highest BCUT2D eigenvalue weighted by atomic mass is 32.2. The Bertz CT molecular complexity index is 640. The van der Waals surface area contributed by atoms with Gasteiger partial charge in [0.1, 0.15) is 0 Å². The Balaban J connectivity index is 2.09. The molecule has 2 aromatic heterocycles. The summed E-state index contributed by atoms with van der Waals surface area (Å²) in [4.78, 5) is 16.7. The monoisotopic (exact) mass is 306 g/mol. The summed E-state index contributed by atoms with van der Waals surface area (Å²) < 4.78 is 3.06. The van der Waals surface area contributed by atoms with Crippen LogP contribution in [0.15, 0.2) is 28.4 Å². The van der Waals surface area contributed by atoms with Crippen molar-refractivity contribution in [1.29, 1.82) is 0 Å². The molecule has 0 N–H and O–H groups in total. The number of thioether (sulfide) groups is 1. The van der Waals surface area contributed by atoms with E-state index in [0.717, 1.165) is 33.5 Å².